The van der Waals surface area contributed by atoms with Gasteiger partial charge in [0.25, 0.3) is 0 Å². The van der Waals surface area contributed by atoms with Gasteiger partial charge in [0.2, 0.25) is 0 Å². The molecule has 2 rings (SSSR count). The van der Waals surface area contributed by atoms with Gasteiger partial charge in [0.05, 0.1) is 18.5 Å². The van der Waals surface area contributed by atoms with Crippen molar-refractivity contribution < 1.29 is 9.53 Å². The largest absolute Gasteiger partial charge is 0.462 e. The van der Waals surface area contributed by atoms with Crippen LogP contribution in [0.5, 0.6) is 0 Å². The van der Waals surface area contributed by atoms with Gasteiger partial charge in [-0.1, -0.05) is 13.3 Å². The van der Waals surface area contributed by atoms with Crippen molar-refractivity contribution in [3.63, 3.8) is 0 Å². The van der Waals surface area contributed by atoms with Crippen molar-refractivity contribution in [2.45, 2.75) is 39.7 Å². The smallest absolute Gasteiger partial charge is 0.341 e. The van der Waals surface area contributed by atoms with Crippen molar-refractivity contribution in [2.75, 3.05) is 19.7 Å². The molecule has 1 saturated heterocycles. The summed E-state index contributed by atoms with van der Waals surface area (Å²) in [5, 5.41) is 4.21. The summed E-state index contributed by atoms with van der Waals surface area (Å²) in [5.74, 6) is 0.516. The highest BCUT2D eigenvalue weighted by Gasteiger charge is 2.23. The second-order valence-electron chi connectivity index (χ2n) is 5.50. The topological polar surface area (TPSA) is 47.4 Å². The minimum atomic E-state index is -0.264. The summed E-state index contributed by atoms with van der Waals surface area (Å²) < 4.78 is 6.90. The number of ether oxygens (including phenoxy) is 1. The Morgan fingerprint density at radius 1 is 1.50 bits per heavy atom. The predicted octanol–water partition coefficient (Wildman–Crippen LogP) is 2.22. The highest BCUT2D eigenvalue weighted by atomic mass is 16.5. The molecule has 0 aliphatic carbocycles. The third-order valence-corrected chi connectivity index (χ3v) is 4.11. The lowest BCUT2D eigenvalue weighted by atomic mass is 9.95. The van der Waals surface area contributed by atoms with Gasteiger partial charge in [-0.3, -0.25) is 9.58 Å². The van der Waals surface area contributed by atoms with Gasteiger partial charge in [-0.2, -0.15) is 5.10 Å². The first-order valence-electron chi connectivity index (χ1n) is 7.56. The Hall–Kier alpha value is -1.36. The number of esters is 1. The first-order valence-corrected chi connectivity index (χ1v) is 7.56. The molecule has 1 unspecified atom stereocenters. The van der Waals surface area contributed by atoms with E-state index in [1.165, 1.54) is 19.3 Å². The monoisotopic (exact) mass is 279 g/mol. The van der Waals surface area contributed by atoms with Crippen LogP contribution in [0, 0.1) is 5.92 Å². The number of rotatable bonds is 5. The van der Waals surface area contributed by atoms with Crippen LogP contribution in [0.15, 0.2) is 6.20 Å². The molecule has 1 aromatic heterocycles. The van der Waals surface area contributed by atoms with E-state index in [1.54, 1.807) is 10.9 Å². The molecule has 1 aliphatic rings. The molecular weight excluding hydrogens is 254 g/mol. The van der Waals surface area contributed by atoms with Crippen molar-refractivity contribution in [1.82, 2.24) is 14.7 Å². The van der Waals surface area contributed by atoms with Crippen LogP contribution in [0.1, 0.15) is 49.2 Å². The summed E-state index contributed by atoms with van der Waals surface area (Å²) in [6.07, 6.45) is 5.41. The summed E-state index contributed by atoms with van der Waals surface area (Å²) in [7, 11) is 1.89. The van der Waals surface area contributed by atoms with E-state index in [9.17, 15) is 4.79 Å². The number of hydrogen-bond donors (Lipinski definition) is 0. The number of piperidine rings is 1. The summed E-state index contributed by atoms with van der Waals surface area (Å²) in [4.78, 5) is 14.4. The standard InChI is InChI=1S/C15H25N3O2/c1-4-12-7-6-8-18(10-12)11-14-13(9-16-17(14)3)15(19)20-5-2/h9,12H,4-8,10-11H2,1-3H3. The van der Waals surface area contributed by atoms with Crippen LogP contribution in [-0.2, 0) is 18.3 Å². The lowest BCUT2D eigenvalue weighted by Crippen LogP contribution is -2.35. The number of aryl methyl sites for hydroxylation is 1. The molecule has 0 spiro atoms. The second-order valence-corrected chi connectivity index (χ2v) is 5.50. The van der Waals surface area contributed by atoms with E-state index in [4.69, 9.17) is 4.74 Å². The lowest BCUT2D eigenvalue weighted by molar-refractivity contribution is 0.0522. The number of carbonyl (C=O) groups is 1. The van der Waals surface area contributed by atoms with Gasteiger partial charge in [0.1, 0.15) is 5.56 Å². The molecule has 1 aliphatic heterocycles. The van der Waals surface area contributed by atoms with Gasteiger partial charge in [-0.05, 0) is 32.2 Å². The van der Waals surface area contributed by atoms with E-state index >= 15 is 0 Å². The fourth-order valence-electron chi connectivity index (χ4n) is 2.87. The minimum Gasteiger partial charge on any atom is -0.462 e. The molecule has 1 fully saturated rings. The molecule has 2 heterocycles. The third-order valence-electron chi connectivity index (χ3n) is 4.11. The maximum Gasteiger partial charge on any atom is 0.341 e. The van der Waals surface area contributed by atoms with Crippen LogP contribution in [0.3, 0.4) is 0 Å². The minimum absolute atomic E-state index is 0.264. The first-order chi connectivity index (χ1) is 9.65. The highest BCUT2D eigenvalue weighted by molar-refractivity contribution is 5.90. The Kier molecular flexibility index (Phi) is 5.17. The molecule has 0 radical (unpaired) electrons. The average Bonchev–Trinajstić information content (AvgIpc) is 2.81. The van der Waals surface area contributed by atoms with Crippen molar-refractivity contribution in [2.24, 2.45) is 13.0 Å². The molecule has 5 nitrogen and oxygen atoms in total. The van der Waals surface area contributed by atoms with Gasteiger partial charge in [0, 0.05) is 20.1 Å². The van der Waals surface area contributed by atoms with Gasteiger partial charge in [-0.15, -0.1) is 0 Å². The fourth-order valence-corrected chi connectivity index (χ4v) is 2.87. The molecular formula is C15H25N3O2. The number of nitrogens with zero attached hydrogens (tertiary/aromatic N) is 3. The maximum atomic E-state index is 11.9. The van der Waals surface area contributed by atoms with Crippen molar-refractivity contribution in [3.8, 4) is 0 Å². The lowest BCUT2D eigenvalue weighted by Gasteiger charge is -2.32. The Morgan fingerprint density at radius 3 is 3.00 bits per heavy atom. The van der Waals surface area contributed by atoms with Gasteiger partial charge >= 0.3 is 5.97 Å². The summed E-state index contributed by atoms with van der Waals surface area (Å²) in [5.41, 5.74) is 1.56. The van der Waals surface area contributed by atoms with Crippen molar-refractivity contribution >= 4 is 5.97 Å². The molecule has 0 aromatic carbocycles. The zero-order valence-electron chi connectivity index (χ0n) is 12.8. The number of hydrogen-bond acceptors (Lipinski definition) is 4. The van der Waals surface area contributed by atoms with E-state index in [0.717, 1.165) is 31.2 Å². The van der Waals surface area contributed by atoms with Crippen LogP contribution in [-0.4, -0.2) is 40.3 Å². The highest BCUT2D eigenvalue weighted by Crippen LogP contribution is 2.22. The molecule has 0 amide bonds. The fraction of sp³-hybridized carbons (Fsp3) is 0.733. The van der Waals surface area contributed by atoms with E-state index in [1.807, 2.05) is 14.0 Å². The Labute approximate surface area is 120 Å². The first kappa shape index (κ1) is 15.0. The quantitative estimate of drug-likeness (QED) is 0.775. The zero-order valence-corrected chi connectivity index (χ0v) is 12.8. The van der Waals surface area contributed by atoms with E-state index < -0.39 is 0 Å². The SMILES string of the molecule is CCOC(=O)c1cnn(C)c1CN1CCCC(CC)C1. The average molecular weight is 279 g/mol. The van der Waals surface area contributed by atoms with E-state index in [2.05, 4.69) is 16.9 Å². The number of aromatic nitrogens is 2. The Bertz CT molecular complexity index is 456. The van der Waals surface area contributed by atoms with E-state index in [-0.39, 0.29) is 5.97 Å². The van der Waals surface area contributed by atoms with Crippen molar-refractivity contribution in [1.29, 1.82) is 0 Å². The number of carbonyl (C=O) groups excluding carboxylic acids is 1. The summed E-state index contributed by atoms with van der Waals surface area (Å²) in [6, 6.07) is 0. The van der Waals surface area contributed by atoms with E-state index in [0.29, 0.717) is 12.2 Å². The molecule has 0 saturated carbocycles. The molecule has 1 aromatic rings. The van der Waals surface area contributed by atoms with Crippen LogP contribution in [0.4, 0.5) is 0 Å². The van der Waals surface area contributed by atoms with Crippen LogP contribution < -0.4 is 0 Å². The molecule has 112 valence electrons. The maximum absolute atomic E-state index is 11.9. The van der Waals surface area contributed by atoms with Gasteiger partial charge in [-0.25, -0.2) is 4.79 Å². The second kappa shape index (κ2) is 6.88. The van der Waals surface area contributed by atoms with Crippen LogP contribution in [0.2, 0.25) is 0 Å². The molecule has 0 N–H and O–H groups in total. The summed E-state index contributed by atoms with van der Waals surface area (Å²) in [6.45, 7) is 7.47. The normalized spacial score (nSPS) is 20.1. The predicted molar refractivity (Wildman–Crippen MR) is 77.5 cm³/mol. The zero-order chi connectivity index (χ0) is 14.5. The van der Waals surface area contributed by atoms with Crippen LogP contribution >= 0.6 is 0 Å². The van der Waals surface area contributed by atoms with Crippen LogP contribution in [0.25, 0.3) is 0 Å². The Balaban J connectivity index is 2.08. The molecule has 0 bridgehead atoms. The number of likely N-dealkylation sites (tertiary alicyclic amines) is 1. The Morgan fingerprint density at radius 2 is 2.30 bits per heavy atom. The molecule has 5 heteroatoms. The summed E-state index contributed by atoms with van der Waals surface area (Å²) >= 11 is 0. The molecule has 1 atom stereocenters. The molecule has 20 heavy (non-hydrogen) atoms. The van der Waals surface area contributed by atoms with Crippen molar-refractivity contribution in [3.05, 3.63) is 17.5 Å². The van der Waals surface area contributed by atoms with Gasteiger partial charge in [0.15, 0.2) is 0 Å². The van der Waals surface area contributed by atoms with Gasteiger partial charge < -0.3 is 4.74 Å². The third kappa shape index (κ3) is 3.39.